The fourth-order valence-corrected chi connectivity index (χ4v) is 4.22. The second kappa shape index (κ2) is 11.8. The summed E-state index contributed by atoms with van der Waals surface area (Å²) in [5, 5.41) is 3.06. The highest BCUT2D eigenvalue weighted by Crippen LogP contribution is 2.47. The van der Waals surface area contributed by atoms with Crippen molar-refractivity contribution < 1.29 is 23.7 Å². The molecule has 8 heteroatoms. The summed E-state index contributed by atoms with van der Waals surface area (Å²) in [6, 6.07) is 9.28. The Labute approximate surface area is 195 Å². The predicted molar refractivity (Wildman–Crippen MR) is 128 cm³/mol. The molecule has 0 aliphatic carbocycles. The van der Waals surface area contributed by atoms with E-state index in [1.807, 2.05) is 24.3 Å². The maximum Gasteiger partial charge on any atom is 0.255 e. The lowest BCUT2D eigenvalue weighted by Gasteiger charge is -2.29. The van der Waals surface area contributed by atoms with Gasteiger partial charge in [0, 0.05) is 19.2 Å². The van der Waals surface area contributed by atoms with Crippen LogP contribution in [-0.4, -0.2) is 65.4 Å². The topological polar surface area (TPSA) is 95.3 Å². The molecule has 0 aromatic heterocycles. The van der Waals surface area contributed by atoms with Crippen molar-refractivity contribution in [3.8, 4) is 28.7 Å². The molecule has 1 saturated heterocycles. The van der Waals surface area contributed by atoms with E-state index in [-0.39, 0.29) is 5.91 Å². The van der Waals surface area contributed by atoms with Gasteiger partial charge in [-0.25, -0.2) is 0 Å². The summed E-state index contributed by atoms with van der Waals surface area (Å²) >= 11 is 0. The van der Waals surface area contributed by atoms with Crippen molar-refractivity contribution >= 4 is 5.91 Å². The molecule has 0 spiro atoms. The van der Waals surface area contributed by atoms with Gasteiger partial charge in [-0.3, -0.25) is 4.79 Å². The van der Waals surface area contributed by atoms with Gasteiger partial charge in [0.05, 0.1) is 26.9 Å². The van der Waals surface area contributed by atoms with E-state index in [9.17, 15) is 4.79 Å². The van der Waals surface area contributed by atoms with Crippen LogP contribution in [-0.2, 0) is 6.42 Å². The number of nitrogens with two attached hydrogens (primary N) is 1. The van der Waals surface area contributed by atoms with Gasteiger partial charge in [-0.15, -0.1) is 0 Å². The van der Waals surface area contributed by atoms with Gasteiger partial charge < -0.3 is 34.9 Å². The average Bonchev–Trinajstić information content (AvgIpc) is 2.83. The second-order valence-corrected chi connectivity index (χ2v) is 8.29. The third-order valence-electron chi connectivity index (χ3n) is 5.87. The normalized spacial score (nSPS) is 16.2. The quantitative estimate of drug-likeness (QED) is 0.566. The first kappa shape index (κ1) is 24.7. The lowest BCUT2D eigenvalue weighted by atomic mass is 9.98. The summed E-state index contributed by atoms with van der Waals surface area (Å²) in [5.41, 5.74) is 7.08. The molecule has 33 heavy (non-hydrogen) atoms. The Morgan fingerprint density at radius 1 is 1.09 bits per heavy atom. The Balaban J connectivity index is 1.88. The van der Waals surface area contributed by atoms with Crippen LogP contribution >= 0.6 is 0 Å². The SMILES string of the molecule is COc1c(Oc2ccc(CCN)cc2)cc(C(=O)NCC2CCCN(C)C2)c(OC)c1OC. The molecule has 1 atom stereocenters. The number of piperidine rings is 1. The maximum absolute atomic E-state index is 13.2. The van der Waals surface area contributed by atoms with E-state index in [0.29, 0.717) is 53.3 Å². The number of nitrogens with zero attached hydrogens (tertiary/aromatic N) is 1. The first-order valence-corrected chi connectivity index (χ1v) is 11.3. The molecule has 1 unspecified atom stereocenters. The molecule has 1 amide bonds. The van der Waals surface area contributed by atoms with Gasteiger partial charge in [0.25, 0.3) is 5.91 Å². The number of nitrogens with one attached hydrogen (secondary N) is 1. The lowest BCUT2D eigenvalue weighted by Crippen LogP contribution is -2.39. The minimum atomic E-state index is -0.246. The molecular weight excluding hydrogens is 422 g/mol. The molecule has 180 valence electrons. The summed E-state index contributed by atoms with van der Waals surface area (Å²) in [7, 11) is 6.64. The van der Waals surface area contributed by atoms with Gasteiger partial charge in [0.15, 0.2) is 11.5 Å². The number of rotatable bonds is 10. The van der Waals surface area contributed by atoms with Crippen LogP contribution in [0.1, 0.15) is 28.8 Å². The van der Waals surface area contributed by atoms with Crippen LogP contribution in [0.3, 0.4) is 0 Å². The van der Waals surface area contributed by atoms with E-state index in [1.54, 1.807) is 6.07 Å². The second-order valence-electron chi connectivity index (χ2n) is 8.29. The summed E-state index contributed by atoms with van der Waals surface area (Å²) in [4.78, 5) is 15.5. The summed E-state index contributed by atoms with van der Waals surface area (Å²) in [5.74, 6) is 2.11. The summed E-state index contributed by atoms with van der Waals surface area (Å²) in [6.45, 7) is 3.25. The molecule has 8 nitrogen and oxygen atoms in total. The van der Waals surface area contributed by atoms with E-state index in [1.165, 1.54) is 21.3 Å². The molecule has 2 aromatic carbocycles. The molecule has 1 aliphatic rings. The highest BCUT2D eigenvalue weighted by molar-refractivity contribution is 5.99. The number of amides is 1. The van der Waals surface area contributed by atoms with Crippen molar-refractivity contribution in [1.29, 1.82) is 0 Å². The van der Waals surface area contributed by atoms with E-state index in [0.717, 1.165) is 37.9 Å². The number of methoxy groups -OCH3 is 3. The smallest absolute Gasteiger partial charge is 0.255 e. The van der Waals surface area contributed by atoms with Crippen LogP contribution in [0.2, 0.25) is 0 Å². The van der Waals surface area contributed by atoms with Gasteiger partial charge in [-0.2, -0.15) is 0 Å². The van der Waals surface area contributed by atoms with Crippen LogP contribution in [0, 0.1) is 5.92 Å². The van der Waals surface area contributed by atoms with Crippen LogP contribution in [0.5, 0.6) is 28.7 Å². The van der Waals surface area contributed by atoms with E-state index >= 15 is 0 Å². The van der Waals surface area contributed by atoms with Crippen LogP contribution in [0.4, 0.5) is 0 Å². The molecule has 1 heterocycles. The molecular formula is C25H35N3O5. The molecule has 3 N–H and O–H groups in total. The first-order chi connectivity index (χ1) is 16.0. The van der Waals surface area contributed by atoms with Gasteiger partial charge in [-0.1, -0.05) is 12.1 Å². The molecule has 1 aliphatic heterocycles. The molecule has 0 radical (unpaired) electrons. The number of benzene rings is 2. The zero-order chi connectivity index (χ0) is 23.8. The van der Waals surface area contributed by atoms with Gasteiger partial charge in [0.1, 0.15) is 5.75 Å². The number of ether oxygens (including phenoxy) is 4. The van der Waals surface area contributed by atoms with Crippen molar-refractivity contribution in [3.63, 3.8) is 0 Å². The maximum atomic E-state index is 13.2. The number of carbonyl (C=O) groups is 1. The highest BCUT2D eigenvalue weighted by Gasteiger charge is 2.27. The van der Waals surface area contributed by atoms with E-state index in [2.05, 4.69) is 17.3 Å². The molecule has 3 rings (SSSR count). The zero-order valence-electron chi connectivity index (χ0n) is 20.0. The Morgan fingerprint density at radius 3 is 2.39 bits per heavy atom. The van der Waals surface area contributed by atoms with Crippen molar-refractivity contribution in [2.45, 2.75) is 19.3 Å². The van der Waals surface area contributed by atoms with Gasteiger partial charge >= 0.3 is 0 Å². The number of hydrogen-bond donors (Lipinski definition) is 2. The lowest BCUT2D eigenvalue weighted by molar-refractivity contribution is 0.0932. The van der Waals surface area contributed by atoms with Crippen molar-refractivity contribution in [1.82, 2.24) is 10.2 Å². The molecule has 1 fully saturated rings. The van der Waals surface area contributed by atoms with E-state index < -0.39 is 0 Å². The minimum absolute atomic E-state index is 0.246. The van der Waals surface area contributed by atoms with Crippen molar-refractivity contribution in [3.05, 3.63) is 41.5 Å². The highest BCUT2D eigenvalue weighted by atomic mass is 16.5. The van der Waals surface area contributed by atoms with Crippen LogP contribution < -0.4 is 30.0 Å². The first-order valence-electron chi connectivity index (χ1n) is 11.3. The minimum Gasteiger partial charge on any atom is -0.492 e. The van der Waals surface area contributed by atoms with Crippen molar-refractivity contribution in [2.75, 3.05) is 54.6 Å². The number of carbonyl (C=O) groups excluding carboxylic acids is 1. The van der Waals surface area contributed by atoms with Gasteiger partial charge in [0.2, 0.25) is 11.5 Å². The van der Waals surface area contributed by atoms with Crippen LogP contribution in [0.25, 0.3) is 0 Å². The average molecular weight is 458 g/mol. The Kier molecular flexibility index (Phi) is 8.79. The third kappa shape index (κ3) is 6.09. The van der Waals surface area contributed by atoms with Gasteiger partial charge in [-0.05, 0) is 63.0 Å². The Morgan fingerprint density at radius 2 is 1.79 bits per heavy atom. The largest absolute Gasteiger partial charge is 0.492 e. The summed E-state index contributed by atoms with van der Waals surface area (Å²) < 4.78 is 22.8. The summed E-state index contributed by atoms with van der Waals surface area (Å²) in [6.07, 6.45) is 3.03. The van der Waals surface area contributed by atoms with Crippen LogP contribution in [0.15, 0.2) is 30.3 Å². The number of hydrogen-bond acceptors (Lipinski definition) is 7. The van der Waals surface area contributed by atoms with Crippen molar-refractivity contribution in [2.24, 2.45) is 11.7 Å². The molecule has 0 saturated carbocycles. The fourth-order valence-electron chi connectivity index (χ4n) is 4.22. The fraction of sp³-hybridized carbons (Fsp3) is 0.480. The predicted octanol–water partition coefficient (Wildman–Crippen LogP) is 3.08. The zero-order valence-corrected chi connectivity index (χ0v) is 20.0. The third-order valence-corrected chi connectivity index (χ3v) is 5.87. The van der Waals surface area contributed by atoms with E-state index in [4.69, 9.17) is 24.7 Å². The molecule has 2 aromatic rings. The Bertz CT molecular complexity index is 933. The Hall–Kier alpha value is -2.97. The standard InChI is InChI=1S/C25H35N3O5/c1-28-13-5-6-18(16-28)15-27-25(29)20-14-21(23(31-3)24(32-4)22(20)30-2)33-19-9-7-17(8-10-19)11-12-26/h7-10,14,18H,5-6,11-13,15-16,26H2,1-4H3,(H,27,29). The number of likely N-dealkylation sites (tertiary alicyclic amines) is 1. The molecule has 0 bridgehead atoms. The monoisotopic (exact) mass is 457 g/mol.